The number of halogens is 1. The van der Waals surface area contributed by atoms with Crippen LogP contribution >= 0.6 is 0 Å². The largest absolute Gasteiger partial charge is 0.482 e. The number of piperidine rings is 1. The first-order chi connectivity index (χ1) is 17.2. The van der Waals surface area contributed by atoms with E-state index in [1.54, 1.807) is 41.3 Å². The van der Waals surface area contributed by atoms with Gasteiger partial charge < -0.3 is 19.6 Å². The Balaban J connectivity index is 1.45. The van der Waals surface area contributed by atoms with Crippen LogP contribution < -0.4 is 4.74 Å². The fourth-order valence-corrected chi connectivity index (χ4v) is 5.47. The molecular weight excluding hydrogens is 463 g/mol. The van der Waals surface area contributed by atoms with Crippen LogP contribution in [0, 0.1) is 17.2 Å². The molecule has 1 atom stereocenters. The van der Waals surface area contributed by atoms with Gasteiger partial charge in [0.15, 0.2) is 6.61 Å². The number of hydrogen-bond acceptors (Lipinski definition) is 4. The summed E-state index contributed by atoms with van der Waals surface area (Å²) in [7, 11) is 0. The molecule has 0 aliphatic carbocycles. The SMILES string of the molecule is CC(C)CN1C(=O)C2(CCN(C(=O)c3cccc(OCC(=O)O)c3)CC2)CC1Cc1cccc(F)c1. The third-order valence-corrected chi connectivity index (χ3v) is 7.15. The van der Waals surface area contributed by atoms with Crippen molar-refractivity contribution in [3.8, 4) is 5.75 Å². The number of nitrogens with zero attached hydrogens (tertiary/aromatic N) is 2. The Kier molecular flexibility index (Phi) is 7.62. The Labute approximate surface area is 210 Å². The lowest BCUT2D eigenvalue weighted by atomic mass is 9.75. The van der Waals surface area contributed by atoms with E-state index in [9.17, 15) is 18.8 Å². The zero-order valence-electron chi connectivity index (χ0n) is 20.8. The van der Waals surface area contributed by atoms with Gasteiger partial charge in [-0.2, -0.15) is 0 Å². The molecule has 4 rings (SSSR count). The Morgan fingerprint density at radius 3 is 2.53 bits per heavy atom. The summed E-state index contributed by atoms with van der Waals surface area (Å²) in [5.74, 6) is -0.730. The average molecular weight is 497 g/mol. The molecular formula is C28H33FN2O5. The topological polar surface area (TPSA) is 87.2 Å². The van der Waals surface area contributed by atoms with E-state index in [2.05, 4.69) is 13.8 Å². The van der Waals surface area contributed by atoms with Crippen LogP contribution in [-0.4, -0.2) is 65.0 Å². The molecule has 192 valence electrons. The summed E-state index contributed by atoms with van der Waals surface area (Å²) in [6.07, 6.45) is 2.49. The maximum atomic E-state index is 13.8. The highest BCUT2D eigenvalue weighted by atomic mass is 19.1. The van der Waals surface area contributed by atoms with Crippen molar-refractivity contribution in [2.45, 2.75) is 45.6 Å². The molecule has 0 bridgehead atoms. The van der Waals surface area contributed by atoms with Crippen molar-refractivity contribution in [1.82, 2.24) is 9.80 Å². The van der Waals surface area contributed by atoms with Crippen LogP contribution in [0.2, 0.25) is 0 Å². The molecule has 2 heterocycles. The van der Waals surface area contributed by atoms with Crippen LogP contribution in [0.25, 0.3) is 0 Å². The van der Waals surface area contributed by atoms with Gasteiger partial charge in [0.1, 0.15) is 11.6 Å². The zero-order valence-corrected chi connectivity index (χ0v) is 20.8. The number of likely N-dealkylation sites (tertiary alicyclic amines) is 2. The zero-order chi connectivity index (χ0) is 25.9. The molecule has 1 spiro atoms. The molecule has 2 amide bonds. The summed E-state index contributed by atoms with van der Waals surface area (Å²) in [6.45, 7) is 5.29. The Morgan fingerprint density at radius 1 is 1.14 bits per heavy atom. The van der Waals surface area contributed by atoms with Gasteiger partial charge in [0.2, 0.25) is 5.91 Å². The lowest BCUT2D eigenvalue weighted by Crippen LogP contribution is -2.47. The van der Waals surface area contributed by atoms with E-state index in [-0.39, 0.29) is 23.7 Å². The summed E-state index contributed by atoms with van der Waals surface area (Å²) in [4.78, 5) is 41.3. The van der Waals surface area contributed by atoms with E-state index < -0.39 is 18.0 Å². The molecule has 0 aromatic heterocycles. The minimum absolute atomic E-state index is 0.00650. The second kappa shape index (κ2) is 10.7. The second-order valence-corrected chi connectivity index (χ2v) is 10.3. The molecule has 0 saturated carbocycles. The molecule has 2 fully saturated rings. The number of carboxylic acid groups (broad SMARTS) is 1. The fraction of sp³-hybridized carbons (Fsp3) is 0.464. The highest BCUT2D eigenvalue weighted by Gasteiger charge is 2.52. The van der Waals surface area contributed by atoms with Gasteiger partial charge in [0, 0.05) is 31.2 Å². The lowest BCUT2D eigenvalue weighted by molar-refractivity contribution is -0.140. The molecule has 0 radical (unpaired) electrons. The summed E-state index contributed by atoms with van der Waals surface area (Å²) in [6, 6.07) is 13.1. The van der Waals surface area contributed by atoms with Crippen LogP contribution in [0.5, 0.6) is 5.75 Å². The van der Waals surface area contributed by atoms with Gasteiger partial charge in [-0.05, 0) is 67.5 Å². The molecule has 8 heteroatoms. The van der Waals surface area contributed by atoms with Crippen molar-refractivity contribution in [3.63, 3.8) is 0 Å². The number of carbonyl (C=O) groups is 3. The molecule has 2 aliphatic rings. The summed E-state index contributed by atoms with van der Waals surface area (Å²) in [5, 5.41) is 8.81. The van der Waals surface area contributed by atoms with Crippen LogP contribution in [0.15, 0.2) is 48.5 Å². The van der Waals surface area contributed by atoms with E-state index in [1.165, 1.54) is 6.07 Å². The number of amides is 2. The predicted molar refractivity (Wildman–Crippen MR) is 132 cm³/mol. The number of aliphatic carboxylic acids is 1. The third kappa shape index (κ3) is 5.69. The Morgan fingerprint density at radius 2 is 1.86 bits per heavy atom. The van der Waals surface area contributed by atoms with Gasteiger partial charge in [-0.1, -0.05) is 32.0 Å². The maximum absolute atomic E-state index is 13.8. The van der Waals surface area contributed by atoms with Gasteiger partial charge in [0.25, 0.3) is 5.91 Å². The predicted octanol–water partition coefficient (Wildman–Crippen LogP) is 4.01. The maximum Gasteiger partial charge on any atom is 0.341 e. The van der Waals surface area contributed by atoms with Gasteiger partial charge in [-0.15, -0.1) is 0 Å². The Bertz CT molecular complexity index is 1130. The molecule has 7 nitrogen and oxygen atoms in total. The molecule has 1 unspecified atom stereocenters. The summed E-state index contributed by atoms with van der Waals surface area (Å²) in [5.41, 5.74) is 0.809. The number of benzene rings is 2. The number of rotatable bonds is 8. The van der Waals surface area contributed by atoms with E-state index in [0.29, 0.717) is 62.5 Å². The number of carbonyl (C=O) groups excluding carboxylic acids is 2. The van der Waals surface area contributed by atoms with Gasteiger partial charge >= 0.3 is 5.97 Å². The minimum atomic E-state index is -1.09. The lowest BCUT2D eigenvalue weighted by Gasteiger charge is -2.38. The molecule has 1 N–H and O–H groups in total. The van der Waals surface area contributed by atoms with E-state index in [0.717, 1.165) is 5.56 Å². The Hall–Kier alpha value is -3.42. The molecule has 36 heavy (non-hydrogen) atoms. The van der Waals surface area contributed by atoms with E-state index in [4.69, 9.17) is 9.84 Å². The van der Waals surface area contributed by atoms with E-state index in [1.807, 2.05) is 11.0 Å². The smallest absolute Gasteiger partial charge is 0.341 e. The summed E-state index contributed by atoms with van der Waals surface area (Å²) < 4.78 is 19.0. The highest BCUT2D eigenvalue weighted by Crippen LogP contribution is 2.45. The third-order valence-electron chi connectivity index (χ3n) is 7.15. The first kappa shape index (κ1) is 25.7. The normalized spacial score (nSPS) is 19.2. The number of hydrogen-bond donors (Lipinski definition) is 1. The molecule has 2 aromatic rings. The molecule has 2 saturated heterocycles. The molecule has 2 aliphatic heterocycles. The molecule has 2 aromatic carbocycles. The number of carboxylic acids is 1. The van der Waals surface area contributed by atoms with Crippen LogP contribution in [0.3, 0.4) is 0 Å². The fourth-order valence-electron chi connectivity index (χ4n) is 5.47. The highest BCUT2D eigenvalue weighted by molar-refractivity contribution is 5.95. The van der Waals surface area contributed by atoms with Crippen molar-refractivity contribution in [2.24, 2.45) is 11.3 Å². The number of ether oxygens (including phenoxy) is 1. The van der Waals surface area contributed by atoms with Crippen molar-refractivity contribution >= 4 is 17.8 Å². The van der Waals surface area contributed by atoms with Crippen molar-refractivity contribution in [2.75, 3.05) is 26.2 Å². The average Bonchev–Trinajstić information content (AvgIpc) is 3.08. The first-order valence-corrected chi connectivity index (χ1v) is 12.5. The van der Waals surface area contributed by atoms with Gasteiger partial charge in [-0.25, -0.2) is 9.18 Å². The van der Waals surface area contributed by atoms with Gasteiger partial charge in [-0.3, -0.25) is 9.59 Å². The van der Waals surface area contributed by atoms with Gasteiger partial charge in [0.05, 0.1) is 5.41 Å². The first-order valence-electron chi connectivity index (χ1n) is 12.5. The second-order valence-electron chi connectivity index (χ2n) is 10.3. The quantitative estimate of drug-likeness (QED) is 0.597. The van der Waals surface area contributed by atoms with Crippen LogP contribution in [0.4, 0.5) is 4.39 Å². The monoisotopic (exact) mass is 496 g/mol. The van der Waals surface area contributed by atoms with Crippen molar-refractivity contribution in [3.05, 3.63) is 65.5 Å². The van der Waals surface area contributed by atoms with Crippen LogP contribution in [-0.2, 0) is 16.0 Å². The minimum Gasteiger partial charge on any atom is -0.482 e. The van der Waals surface area contributed by atoms with Crippen molar-refractivity contribution in [1.29, 1.82) is 0 Å². The summed E-state index contributed by atoms with van der Waals surface area (Å²) >= 11 is 0. The van der Waals surface area contributed by atoms with Crippen molar-refractivity contribution < 1.29 is 28.6 Å². The van der Waals surface area contributed by atoms with E-state index >= 15 is 0 Å². The standard InChI is InChI=1S/C28H33FN2O5/c1-19(2)17-31-23(14-20-5-3-7-22(29)13-20)16-28(27(31)35)9-11-30(12-10-28)26(34)21-6-4-8-24(15-21)36-18-25(32)33/h3-8,13,15,19,23H,9-12,14,16-18H2,1-2H3,(H,32,33). The van der Waals surface area contributed by atoms with Crippen LogP contribution in [0.1, 0.15) is 49.0 Å².